The Kier molecular flexibility index (Phi) is 5.22. The first-order chi connectivity index (χ1) is 15.0. The molecule has 2 heterocycles. The summed E-state index contributed by atoms with van der Waals surface area (Å²) in [6.45, 7) is 1.75. The normalized spacial score (nSPS) is 22.6. The molecule has 2 fully saturated rings. The van der Waals surface area contributed by atoms with Crippen LogP contribution < -0.4 is 14.8 Å². The molecule has 7 heteroatoms. The molecule has 2 aromatic rings. The second kappa shape index (κ2) is 8.04. The zero-order chi connectivity index (χ0) is 21.4. The summed E-state index contributed by atoms with van der Waals surface area (Å²) in [5.74, 6) is 1.07. The topological polar surface area (TPSA) is 93.9 Å². The van der Waals surface area contributed by atoms with Crippen LogP contribution in [-0.4, -0.2) is 34.8 Å². The highest BCUT2D eigenvalue weighted by Crippen LogP contribution is 2.51. The van der Waals surface area contributed by atoms with Crippen molar-refractivity contribution in [2.24, 2.45) is 0 Å². The minimum atomic E-state index is -0.362. The van der Waals surface area contributed by atoms with Gasteiger partial charge in [-0.15, -0.1) is 0 Å². The molecule has 2 aromatic carbocycles. The molecule has 3 aliphatic rings. The number of nitrogens with one attached hydrogen (secondary N) is 1. The molecule has 0 amide bonds. The lowest BCUT2D eigenvalue weighted by atomic mass is 9.75. The fourth-order valence-electron chi connectivity index (χ4n) is 5.33. The quantitative estimate of drug-likeness (QED) is 0.548. The van der Waals surface area contributed by atoms with Gasteiger partial charge in [-0.1, -0.05) is 12.1 Å². The molecule has 2 N–H and O–H groups in total. The van der Waals surface area contributed by atoms with Crippen molar-refractivity contribution in [3.05, 3.63) is 57.6 Å². The van der Waals surface area contributed by atoms with E-state index < -0.39 is 0 Å². The second-order valence-corrected chi connectivity index (χ2v) is 9.03. The van der Waals surface area contributed by atoms with E-state index in [1.54, 1.807) is 24.3 Å². The van der Waals surface area contributed by atoms with E-state index in [0.29, 0.717) is 11.5 Å². The summed E-state index contributed by atoms with van der Waals surface area (Å²) in [4.78, 5) is 11.5. The van der Waals surface area contributed by atoms with Crippen molar-refractivity contribution in [1.82, 2.24) is 5.32 Å². The van der Waals surface area contributed by atoms with Crippen LogP contribution in [0.15, 0.2) is 36.4 Å². The number of nitrogens with zero attached hydrogens (tertiary/aromatic N) is 1. The standard InChI is InChI=1S/C24H28N2O5/c27-17-5-3-4-16(12-17)20-15-24(8-10-25-11-9-24)31-22-14-23(30-18-6-1-2-7-18)21(26(28)29)13-19(20)22/h3-5,12-14,18,20,25,27H,1-2,6-11,15H2. The fourth-order valence-corrected chi connectivity index (χ4v) is 5.33. The van der Waals surface area contributed by atoms with E-state index in [0.717, 1.165) is 69.2 Å². The second-order valence-electron chi connectivity index (χ2n) is 9.03. The number of piperidine rings is 1. The van der Waals surface area contributed by atoms with Crippen LogP contribution in [0.3, 0.4) is 0 Å². The number of hydrogen-bond donors (Lipinski definition) is 2. The van der Waals surface area contributed by atoms with Gasteiger partial charge in [0.1, 0.15) is 17.1 Å². The zero-order valence-electron chi connectivity index (χ0n) is 17.5. The number of rotatable bonds is 4. The van der Waals surface area contributed by atoms with Crippen LogP contribution in [0.5, 0.6) is 17.2 Å². The third kappa shape index (κ3) is 3.94. The molecule has 1 saturated carbocycles. The third-order valence-electron chi connectivity index (χ3n) is 6.95. The lowest BCUT2D eigenvalue weighted by Crippen LogP contribution is -2.49. The zero-order valence-corrected chi connectivity index (χ0v) is 17.5. The Hall–Kier alpha value is -2.80. The first-order valence-electron chi connectivity index (χ1n) is 11.2. The van der Waals surface area contributed by atoms with Gasteiger partial charge in [-0.05, 0) is 75.7 Å². The first kappa shape index (κ1) is 20.1. The highest BCUT2D eigenvalue weighted by molar-refractivity contribution is 5.59. The van der Waals surface area contributed by atoms with E-state index in [-0.39, 0.29) is 34.0 Å². The van der Waals surface area contributed by atoms with Crippen LogP contribution in [0, 0.1) is 10.1 Å². The Morgan fingerprint density at radius 3 is 2.65 bits per heavy atom. The number of ether oxygens (including phenoxy) is 2. The molecule has 2 aliphatic heterocycles. The number of hydrogen-bond acceptors (Lipinski definition) is 6. The van der Waals surface area contributed by atoms with E-state index >= 15 is 0 Å². The molecule has 0 aromatic heterocycles. The van der Waals surface area contributed by atoms with Crippen LogP contribution in [-0.2, 0) is 0 Å². The molecule has 1 saturated heterocycles. The van der Waals surface area contributed by atoms with Gasteiger partial charge >= 0.3 is 5.69 Å². The van der Waals surface area contributed by atoms with Crippen molar-refractivity contribution in [2.75, 3.05) is 13.1 Å². The molecular weight excluding hydrogens is 396 g/mol. The SMILES string of the molecule is O=[N+]([O-])c1cc2c(cc1OC1CCCC1)OC1(CCNCC1)CC2c1cccc(O)c1. The van der Waals surface area contributed by atoms with Gasteiger partial charge in [-0.25, -0.2) is 0 Å². The van der Waals surface area contributed by atoms with E-state index in [2.05, 4.69) is 5.32 Å². The maximum absolute atomic E-state index is 11.9. The number of fused-ring (bicyclic) bond motifs is 1. The van der Waals surface area contributed by atoms with Gasteiger partial charge in [0.15, 0.2) is 0 Å². The number of nitro groups is 1. The number of aromatic hydroxyl groups is 1. The molecule has 7 nitrogen and oxygen atoms in total. The molecule has 1 spiro atoms. The van der Waals surface area contributed by atoms with Gasteiger partial charge in [0, 0.05) is 23.6 Å². The molecule has 0 bridgehead atoms. The monoisotopic (exact) mass is 424 g/mol. The summed E-state index contributed by atoms with van der Waals surface area (Å²) in [7, 11) is 0. The van der Waals surface area contributed by atoms with Crippen molar-refractivity contribution in [2.45, 2.75) is 62.6 Å². The van der Waals surface area contributed by atoms with Gasteiger partial charge < -0.3 is 19.9 Å². The largest absolute Gasteiger partial charge is 0.508 e. The summed E-state index contributed by atoms with van der Waals surface area (Å²) in [5, 5.41) is 25.4. The lowest BCUT2D eigenvalue weighted by molar-refractivity contribution is -0.386. The van der Waals surface area contributed by atoms with Crippen molar-refractivity contribution < 1.29 is 19.5 Å². The van der Waals surface area contributed by atoms with Crippen LogP contribution in [0.25, 0.3) is 0 Å². The summed E-state index contributed by atoms with van der Waals surface area (Å²) in [6.07, 6.45) is 6.54. The average molecular weight is 424 g/mol. The Morgan fingerprint density at radius 2 is 1.94 bits per heavy atom. The Balaban J connectivity index is 1.60. The van der Waals surface area contributed by atoms with Crippen molar-refractivity contribution in [3.8, 4) is 17.2 Å². The molecule has 0 radical (unpaired) electrons. The van der Waals surface area contributed by atoms with Crippen LogP contribution in [0.2, 0.25) is 0 Å². The van der Waals surface area contributed by atoms with Gasteiger partial charge in [-0.2, -0.15) is 0 Å². The van der Waals surface area contributed by atoms with Crippen LogP contribution >= 0.6 is 0 Å². The van der Waals surface area contributed by atoms with Gasteiger partial charge in [-0.3, -0.25) is 10.1 Å². The number of phenolic OH excluding ortho intramolecular Hbond substituents is 1. The summed E-state index contributed by atoms with van der Waals surface area (Å²) >= 11 is 0. The van der Waals surface area contributed by atoms with Crippen LogP contribution in [0.4, 0.5) is 5.69 Å². The molecule has 164 valence electrons. The van der Waals surface area contributed by atoms with E-state index in [1.807, 2.05) is 12.1 Å². The minimum Gasteiger partial charge on any atom is -0.508 e. The van der Waals surface area contributed by atoms with Crippen molar-refractivity contribution >= 4 is 5.69 Å². The molecule has 1 atom stereocenters. The minimum absolute atomic E-state index is 0.0133. The number of phenols is 1. The summed E-state index contributed by atoms with van der Waals surface area (Å²) < 4.78 is 12.7. The Bertz CT molecular complexity index is 980. The molecule has 1 aliphatic carbocycles. The van der Waals surface area contributed by atoms with Gasteiger partial charge in [0.2, 0.25) is 5.75 Å². The summed E-state index contributed by atoms with van der Waals surface area (Å²) in [6, 6.07) is 10.6. The highest BCUT2D eigenvalue weighted by atomic mass is 16.6. The first-order valence-corrected chi connectivity index (χ1v) is 11.2. The van der Waals surface area contributed by atoms with E-state index in [1.165, 1.54) is 0 Å². The lowest BCUT2D eigenvalue weighted by Gasteiger charge is -2.45. The van der Waals surface area contributed by atoms with E-state index in [9.17, 15) is 15.2 Å². The molecule has 1 unspecified atom stereocenters. The van der Waals surface area contributed by atoms with Gasteiger partial charge in [0.25, 0.3) is 0 Å². The van der Waals surface area contributed by atoms with Gasteiger partial charge in [0.05, 0.1) is 11.0 Å². The maximum Gasteiger partial charge on any atom is 0.311 e. The summed E-state index contributed by atoms with van der Waals surface area (Å²) in [5.41, 5.74) is 1.40. The number of benzene rings is 2. The fraction of sp³-hybridized carbons (Fsp3) is 0.500. The molecule has 31 heavy (non-hydrogen) atoms. The van der Waals surface area contributed by atoms with E-state index in [4.69, 9.17) is 9.47 Å². The smallest absolute Gasteiger partial charge is 0.311 e. The molecule has 5 rings (SSSR count). The predicted octanol–water partition coefficient (Wildman–Crippen LogP) is 4.66. The van der Waals surface area contributed by atoms with Crippen molar-refractivity contribution in [1.29, 1.82) is 0 Å². The maximum atomic E-state index is 11.9. The Labute approximate surface area is 181 Å². The van der Waals surface area contributed by atoms with Crippen molar-refractivity contribution in [3.63, 3.8) is 0 Å². The molecular formula is C24H28N2O5. The third-order valence-corrected chi connectivity index (χ3v) is 6.95. The number of nitro benzene ring substituents is 1. The Morgan fingerprint density at radius 1 is 1.16 bits per heavy atom. The average Bonchev–Trinajstić information content (AvgIpc) is 3.26. The van der Waals surface area contributed by atoms with Crippen LogP contribution in [0.1, 0.15) is 62.0 Å². The highest BCUT2D eigenvalue weighted by Gasteiger charge is 2.43. The predicted molar refractivity (Wildman–Crippen MR) is 116 cm³/mol.